The van der Waals surface area contributed by atoms with Gasteiger partial charge in [0.05, 0.1) is 4.88 Å². The Hall–Kier alpha value is -1.66. The Kier molecular flexibility index (Phi) is 3.55. The molecule has 0 aliphatic heterocycles. The zero-order valence-electron chi connectivity index (χ0n) is 9.42. The van der Waals surface area contributed by atoms with Crippen molar-refractivity contribution in [3.8, 4) is 11.8 Å². The fourth-order valence-corrected chi connectivity index (χ4v) is 2.62. The van der Waals surface area contributed by atoms with Crippen molar-refractivity contribution in [1.29, 1.82) is 0 Å². The predicted octanol–water partition coefficient (Wildman–Crippen LogP) is 4.03. The van der Waals surface area contributed by atoms with Crippen LogP contribution < -0.4 is 0 Å². The number of ketones is 1. The van der Waals surface area contributed by atoms with E-state index < -0.39 is 0 Å². The normalized spacial score (nSPS) is 10.0. The van der Waals surface area contributed by atoms with Crippen LogP contribution in [0.5, 0.6) is 0 Å². The van der Waals surface area contributed by atoms with Gasteiger partial charge in [-0.2, -0.15) is 0 Å². The molecular formula is C14H11FOS. The highest BCUT2D eigenvalue weighted by Gasteiger charge is 2.09. The minimum atomic E-state index is -0.268. The van der Waals surface area contributed by atoms with E-state index in [9.17, 15) is 9.18 Å². The van der Waals surface area contributed by atoms with E-state index in [2.05, 4.69) is 11.8 Å². The van der Waals surface area contributed by atoms with Crippen LogP contribution in [0, 0.1) is 17.7 Å². The first kappa shape index (κ1) is 11.8. The van der Waals surface area contributed by atoms with Gasteiger partial charge in [0.1, 0.15) is 5.82 Å². The van der Waals surface area contributed by atoms with Gasteiger partial charge in [0.2, 0.25) is 0 Å². The molecule has 0 radical (unpaired) electrons. The van der Waals surface area contributed by atoms with Gasteiger partial charge < -0.3 is 0 Å². The van der Waals surface area contributed by atoms with Crippen LogP contribution in [0.3, 0.4) is 0 Å². The fraction of sp³-hybridized carbons (Fsp3) is 0.214. The lowest BCUT2D eigenvalue weighted by atomic mass is 10.2. The zero-order chi connectivity index (χ0) is 12.3. The topological polar surface area (TPSA) is 17.1 Å². The quantitative estimate of drug-likeness (QED) is 0.590. The number of carbonyl (C=O) groups excluding carboxylic acids is 1. The van der Waals surface area contributed by atoms with Gasteiger partial charge in [0.25, 0.3) is 0 Å². The lowest BCUT2D eigenvalue weighted by Crippen LogP contribution is -1.93. The lowest BCUT2D eigenvalue weighted by molar-refractivity contribution is 0.0988. The molecule has 0 atom stereocenters. The summed E-state index contributed by atoms with van der Waals surface area (Å²) >= 11 is 1.34. The molecule has 0 aliphatic carbocycles. The van der Waals surface area contributed by atoms with Crippen molar-refractivity contribution in [3.05, 3.63) is 35.0 Å². The molecule has 1 nitrogen and oxygen atoms in total. The van der Waals surface area contributed by atoms with Crippen molar-refractivity contribution in [2.24, 2.45) is 0 Å². The van der Waals surface area contributed by atoms with Crippen LogP contribution in [0.15, 0.2) is 24.3 Å². The van der Waals surface area contributed by atoms with Crippen molar-refractivity contribution in [3.63, 3.8) is 0 Å². The first-order chi connectivity index (χ1) is 8.20. The number of hydrogen-bond donors (Lipinski definition) is 0. The van der Waals surface area contributed by atoms with Crippen molar-refractivity contribution in [2.45, 2.75) is 19.8 Å². The van der Waals surface area contributed by atoms with E-state index in [1.165, 1.54) is 23.5 Å². The van der Waals surface area contributed by atoms with Crippen LogP contribution in [-0.4, -0.2) is 5.78 Å². The van der Waals surface area contributed by atoms with Crippen molar-refractivity contribution < 1.29 is 9.18 Å². The monoisotopic (exact) mass is 246 g/mol. The Balaban J connectivity index is 2.23. The number of fused-ring (bicyclic) bond motifs is 1. The highest BCUT2D eigenvalue weighted by Crippen LogP contribution is 2.27. The predicted molar refractivity (Wildman–Crippen MR) is 68.8 cm³/mol. The third-order valence-corrected chi connectivity index (χ3v) is 3.55. The smallest absolute Gasteiger partial charge is 0.173 e. The molecule has 2 aromatic rings. The maximum atomic E-state index is 13.0. The summed E-state index contributed by atoms with van der Waals surface area (Å²) in [6.07, 6.45) is 1.01. The fourth-order valence-electron chi connectivity index (χ4n) is 1.57. The summed E-state index contributed by atoms with van der Waals surface area (Å²) in [6.45, 7) is 1.76. The molecule has 0 amide bonds. The molecule has 1 aromatic carbocycles. The molecular weight excluding hydrogens is 235 g/mol. The Morgan fingerprint density at radius 2 is 2.24 bits per heavy atom. The molecule has 0 fully saturated rings. The summed E-state index contributed by atoms with van der Waals surface area (Å²) in [5, 5.41) is 0.918. The largest absolute Gasteiger partial charge is 0.293 e. The third kappa shape index (κ3) is 2.72. The van der Waals surface area contributed by atoms with Gasteiger partial charge in [-0.15, -0.1) is 23.2 Å². The van der Waals surface area contributed by atoms with E-state index in [1.54, 1.807) is 13.0 Å². The van der Waals surface area contributed by atoms with E-state index in [1.807, 2.05) is 6.07 Å². The minimum absolute atomic E-state index is 0.0781. The van der Waals surface area contributed by atoms with Crippen LogP contribution in [0.2, 0.25) is 0 Å². The molecule has 86 valence electrons. The molecule has 0 bridgehead atoms. The highest BCUT2D eigenvalue weighted by molar-refractivity contribution is 7.20. The van der Waals surface area contributed by atoms with Crippen LogP contribution in [0.1, 0.15) is 29.4 Å². The van der Waals surface area contributed by atoms with Crippen molar-refractivity contribution in [1.82, 2.24) is 0 Å². The second-order valence-electron chi connectivity index (χ2n) is 3.64. The zero-order valence-corrected chi connectivity index (χ0v) is 10.2. The number of halogens is 1. The first-order valence-electron chi connectivity index (χ1n) is 5.32. The number of carbonyl (C=O) groups is 1. The maximum Gasteiger partial charge on any atom is 0.173 e. The summed E-state index contributed by atoms with van der Waals surface area (Å²) in [6, 6.07) is 6.39. The average Bonchev–Trinajstić information content (AvgIpc) is 2.72. The summed E-state index contributed by atoms with van der Waals surface area (Å²) < 4.78 is 13.8. The van der Waals surface area contributed by atoms with Gasteiger partial charge in [0, 0.05) is 17.5 Å². The number of hydrogen-bond acceptors (Lipinski definition) is 2. The van der Waals surface area contributed by atoms with Crippen LogP contribution in [0.4, 0.5) is 4.39 Å². The summed E-state index contributed by atoms with van der Waals surface area (Å²) in [5.74, 6) is 5.44. The summed E-state index contributed by atoms with van der Waals surface area (Å²) in [4.78, 5) is 12.5. The van der Waals surface area contributed by atoms with Gasteiger partial charge in [0.15, 0.2) is 5.78 Å². The maximum absolute atomic E-state index is 13.0. The molecule has 3 heteroatoms. The Morgan fingerprint density at radius 1 is 1.41 bits per heavy atom. The molecule has 0 aliphatic rings. The van der Waals surface area contributed by atoms with Gasteiger partial charge >= 0.3 is 0 Å². The number of Topliss-reactive ketones (excluding diaryl/α,β-unsaturated/α-hetero) is 1. The molecule has 1 heterocycles. The van der Waals surface area contributed by atoms with Crippen molar-refractivity contribution >= 4 is 27.2 Å². The summed E-state index contributed by atoms with van der Waals surface area (Å²) in [5.41, 5.74) is 0. The van der Waals surface area contributed by atoms with E-state index in [0.29, 0.717) is 17.7 Å². The number of benzene rings is 1. The molecule has 0 saturated carbocycles. The molecule has 2 rings (SSSR count). The summed E-state index contributed by atoms with van der Waals surface area (Å²) in [7, 11) is 0. The Bertz CT molecular complexity index is 616. The first-order valence-corrected chi connectivity index (χ1v) is 6.14. The van der Waals surface area contributed by atoms with Gasteiger partial charge in [-0.25, -0.2) is 4.39 Å². The second-order valence-corrected chi connectivity index (χ2v) is 4.73. The molecule has 0 unspecified atom stereocenters. The van der Waals surface area contributed by atoms with E-state index in [-0.39, 0.29) is 11.6 Å². The van der Waals surface area contributed by atoms with Gasteiger partial charge in [-0.1, -0.05) is 6.07 Å². The van der Waals surface area contributed by atoms with Crippen LogP contribution >= 0.6 is 11.3 Å². The van der Waals surface area contributed by atoms with E-state index in [0.717, 1.165) is 10.1 Å². The Morgan fingerprint density at radius 3 is 3.00 bits per heavy atom. The third-order valence-electron chi connectivity index (χ3n) is 2.41. The molecule has 17 heavy (non-hydrogen) atoms. The second kappa shape index (κ2) is 5.11. The minimum Gasteiger partial charge on any atom is -0.293 e. The molecule has 0 N–H and O–H groups in total. The molecule has 0 spiro atoms. The molecule has 0 saturated heterocycles. The van der Waals surface area contributed by atoms with E-state index >= 15 is 0 Å². The highest BCUT2D eigenvalue weighted by atomic mass is 32.1. The lowest BCUT2D eigenvalue weighted by Gasteiger charge is -1.91. The number of thiophene rings is 1. The van der Waals surface area contributed by atoms with Crippen molar-refractivity contribution in [2.75, 3.05) is 0 Å². The van der Waals surface area contributed by atoms with E-state index in [4.69, 9.17) is 0 Å². The standard InChI is InChI=1S/C14H11FOS/c1-2-3-4-5-12(16)14-8-10-6-7-11(15)9-13(10)17-14/h6-9H,4-5H2,1H3. The van der Waals surface area contributed by atoms with Crippen LogP contribution in [0.25, 0.3) is 10.1 Å². The van der Waals surface area contributed by atoms with Crippen LogP contribution in [-0.2, 0) is 0 Å². The van der Waals surface area contributed by atoms with Gasteiger partial charge in [-0.05, 0) is 30.5 Å². The van der Waals surface area contributed by atoms with Gasteiger partial charge in [-0.3, -0.25) is 4.79 Å². The Labute approximate surface area is 103 Å². The number of rotatable bonds is 3. The average molecular weight is 246 g/mol. The SMILES string of the molecule is CC#CCCC(=O)c1cc2ccc(F)cc2s1. The molecule has 1 aromatic heterocycles.